The Morgan fingerprint density at radius 1 is 1.55 bits per heavy atom. The first-order valence-corrected chi connectivity index (χ1v) is 4.59. The van der Waals surface area contributed by atoms with Crippen molar-refractivity contribution in [3.8, 4) is 0 Å². The SMILES string of the molecule is CC(C)(C)NC(=O)SCCN. The van der Waals surface area contributed by atoms with Crippen LogP contribution in [0, 0.1) is 0 Å². The van der Waals surface area contributed by atoms with Crippen LogP contribution in [0.25, 0.3) is 0 Å². The first-order valence-electron chi connectivity index (χ1n) is 3.61. The van der Waals surface area contributed by atoms with Gasteiger partial charge in [0.2, 0.25) is 0 Å². The number of hydrogen-bond donors (Lipinski definition) is 2. The molecular formula is C7H16N2OS. The highest BCUT2D eigenvalue weighted by molar-refractivity contribution is 8.13. The average molecular weight is 176 g/mol. The first-order chi connectivity index (χ1) is 4.95. The Hall–Kier alpha value is -0.220. The van der Waals surface area contributed by atoms with Crippen molar-refractivity contribution in [2.75, 3.05) is 12.3 Å². The Morgan fingerprint density at radius 2 is 2.09 bits per heavy atom. The van der Waals surface area contributed by atoms with Crippen LogP contribution in [0.4, 0.5) is 4.79 Å². The summed E-state index contributed by atoms with van der Waals surface area (Å²) in [5.74, 6) is 0.682. The van der Waals surface area contributed by atoms with Gasteiger partial charge in [0, 0.05) is 17.8 Å². The summed E-state index contributed by atoms with van der Waals surface area (Å²) < 4.78 is 0. The predicted molar refractivity (Wildman–Crippen MR) is 49.8 cm³/mol. The highest BCUT2D eigenvalue weighted by Gasteiger charge is 2.12. The Morgan fingerprint density at radius 3 is 2.45 bits per heavy atom. The lowest BCUT2D eigenvalue weighted by Gasteiger charge is -2.19. The summed E-state index contributed by atoms with van der Waals surface area (Å²) >= 11 is 1.23. The van der Waals surface area contributed by atoms with Crippen molar-refractivity contribution in [2.24, 2.45) is 5.73 Å². The molecule has 0 heterocycles. The molecule has 0 unspecified atom stereocenters. The lowest BCUT2D eigenvalue weighted by atomic mass is 10.1. The van der Waals surface area contributed by atoms with Crippen LogP contribution in [-0.2, 0) is 0 Å². The zero-order valence-electron chi connectivity index (χ0n) is 7.31. The van der Waals surface area contributed by atoms with Gasteiger partial charge in [-0.05, 0) is 20.8 Å². The topological polar surface area (TPSA) is 55.1 Å². The second-order valence-corrected chi connectivity index (χ2v) is 4.37. The van der Waals surface area contributed by atoms with Crippen molar-refractivity contribution in [1.82, 2.24) is 5.32 Å². The van der Waals surface area contributed by atoms with Crippen LogP contribution in [0.1, 0.15) is 20.8 Å². The summed E-state index contributed by atoms with van der Waals surface area (Å²) in [4.78, 5) is 11.0. The van der Waals surface area contributed by atoms with E-state index < -0.39 is 0 Å². The van der Waals surface area contributed by atoms with E-state index in [2.05, 4.69) is 5.32 Å². The minimum atomic E-state index is -0.140. The van der Waals surface area contributed by atoms with Crippen molar-refractivity contribution < 1.29 is 4.79 Å². The van der Waals surface area contributed by atoms with Gasteiger partial charge in [-0.2, -0.15) is 0 Å². The average Bonchev–Trinajstić information content (AvgIpc) is 1.79. The molecule has 66 valence electrons. The number of amides is 1. The van der Waals surface area contributed by atoms with Crippen LogP contribution in [-0.4, -0.2) is 23.1 Å². The van der Waals surface area contributed by atoms with E-state index in [0.29, 0.717) is 12.3 Å². The molecule has 0 saturated carbocycles. The Kier molecular flexibility index (Phi) is 4.52. The van der Waals surface area contributed by atoms with Crippen LogP contribution < -0.4 is 11.1 Å². The summed E-state index contributed by atoms with van der Waals surface area (Å²) in [5.41, 5.74) is 5.10. The van der Waals surface area contributed by atoms with Crippen molar-refractivity contribution in [3.05, 3.63) is 0 Å². The number of thioether (sulfide) groups is 1. The maximum atomic E-state index is 11.0. The minimum Gasteiger partial charge on any atom is -0.342 e. The van der Waals surface area contributed by atoms with Gasteiger partial charge in [-0.3, -0.25) is 4.79 Å². The van der Waals surface area contributed by atoms with Crippen LogP contribution in [0.3, 0.4) is 0 Å². The standard InChI is InChI=1S/C7H16N2OS/c1-7(2,3)9-6(10)11-5-4-8/h4-5,8H2,1-3H3,(H,9,10). The summed E-state index contributed by atoms with van der Waals surface area (Å²) in [6.07, 6.45) is 0. The molecule has 0 atom stereocenters. The molecule has 0 spiro atoms. The molecule has 0 aliphatic heterocycles. The number of carbonyl (C=O) groups is 1. The molecule has 0 bridgehead atoms. The number of rotatable bonds is 2. The van der Waals surface area contributed by atoms with E-state index in [-0.39, 0.29) is 10.8 Å². The minimum absolute atomic E-state index is 0.00273. The van der Waals surface area contributed by atoms with Crippen molar-refractivity contribution in [2.45, 2.75) is 26.3 Å². The number of nitrogens with one attached hydrogen (secondary N) is 1. The van der Waals surface area contributed by atoms with Crippen molar-refractivity contribution in [1.29, 1.82) is 0 Å². The van der Waals surface area contributed by atoms with Gasteiger partial charge >= 0.3 is 0 Å². The monoisotopic (exact) mass is 176 g/mol. The molecule has 3 nitrogen and oxygen atoms in total. The van der Waals surface area contributed by atoms with Gasteiger partial charge in [-0.1, -0.05) is 11.8 Å². The molecule has 11 heavy (non-hydrogen) atoms. The number of hydrogen-bond acceptors (Lipinski definition) is 3. The number of carbonyl (C=O) groups excluding carboxylic acids is 1. The third kappa shape index (κ3) is 7.68. The summed E-state index contributed by atoms with van der Waals surface area (Å²) in [6, 6.07) is 0. The van der Waals surface area contributed by atoms with Crippen LogP contribution >= 0.6 is 11.8 Å². The molecule has 0 aliphatic rings. The van der Waals surface area contributed by atoms with E-state index in [1.165, 1.54) is 11.8 Å². The fraction of sp³-hybridized carbons (Fsp3) is 0.857. The van der Waals surface area contributed by atoms with E-state index in [9.17, 15) is 4.79 Å². The lowest BCUT2D eigenvalue weighted by molar-refractivity contribution is 0.253. The van der Waals surface area contributed by atoms with E-state index in [4.69, 9.17) is 5.73 Å². The van der Waals surface area contributed by atoms with E-state index in [1.807, 2.05) is 20.8 Å². The maximum absolute atomic E-state index is 11.0. The van der Waals surface area contributed by atoms with Gasteiger partial charge < -0.3 is 11.1 Å². The van der Waals surface area contributed by atoms with Gasteiger partial charge in [0.1, 0.15) is 0 Å². The first kappa shape index (κ1) is 10.8. The molecule has 0 aromatic carbocycles. The third-order valence-corrected chi connectivity index (χ3v) is 1.63. The van der Waals surface area contributed by atoms with Gasteiger partial charge in [0.25, 0.3) is 5.24 Å². The normalized spacial score (nSPS) is 11.3. The van der Waals surface area contributed by atoms with E-state index >= 15 is 0 Å². The second-order valence-electron chi connectivity index (χ2n) is 3.30. The Balaban J connectivity index is 3.53. The van der Waals surface area contributed by atoms with Crippen LogP contribution in [0.2, 0.25) is 0 Å². The maximum Gasteiger partial charge on any atom is 0.279 e. The lowest BCUT2D eigenvalue weighted by Crippen LogP contribution is -2.38. The smallest absolute Gasteiger partial charge is 0.279 e. The van der Waals surface area contributed by atoms with Crippen molar-refractivity contribution in [3.63, 3.8) is 0 Å². The fourth-order valence-electron chi connectivity index (χ4n) is 0.494. The fourth-order valence-corrected chi connectivity index (χ4v) is 1.18. The van der Waals surface area contributed by atoms with E-state index in [0.717, 1.165) is 0 Å². The molecule has 0 radical (unpaired) electrons. The zero-order valence-corrected chi connectivity index (χ0v) is 8.12. The quantitative estimate of drug-likeness (QED) is 0.664. The summed E-state index contributed by atoms with van der Waals surface area (Å²) in [6.45, 7) is 6.40. The number of nitrogens with two attached hydrogens (primary N) is 1. The highest BCUT2D eigenvalue weighted by atomic mass is 32.2. The molecular weight excluding hydrogens is 160 g/mol. The molecule has 3 N–H and O–H groups in total. The largest absolute Gasteiger partial charge is 0.342 e. The predicted octanol–water partition coefficient (Wildman–Crippen LogP) is 1.19. The van der Waals surface area contributed by atoms with Gasteiger partial charge in [-0.15, -0.1) is 0 Å². The molecule has 0 aliphatic carbocycles. The van der Waals surface area contributed by atoms with Gasteiger partial charge in [-0.25, -0.2) is 0 Å². The van der Waals surface area contributed by atoms with Crippen LogP contribution in [0.15, 0.2) is 0 Å². The highest BCUT2D eigenvalue weighted by Crippen LogP contribution is 2.05. The Bertz CT molecular complexity index is 131. The molecule has 0 fully saturated rings. The molecule has 1 amide bonds. The van der Waals surface area contributed by atoms with E-state index in [1.54, 1.807) is 0 Å². The Labute approximate surface area is 72.1 Å². The molecule has 0 aromatic heterocycles. The second kappa shape index (κ2) is 4.62. The van der Waals surface area contributed by atoms with Gasteiger partial charge in [0.15, 0.2) is 0 Å². The summed E-state index contributed by atoms with van der Waals surface area (Å²) in [5, 5.41) is 2.83. The zero-order chi connectivity index (χ0) is 8.91. The third-order valence-electron chi connectivity index (χ3n) is 0.828. The summed E-state index contributed by atoms with van der Waals surface area (Å²) in [7, 11) is 0. The molecule has 0 aromatic rings. The van der Waals surface area contributed by atoms with Crippen molar-refractivity contribution >= 4 is 17.0 Å². The van der Waals surface area contributed by atoms with Gasteiger partial charge in [0.05, 0.1) is 0 Å². The van der Waals surface area contributed by atoms with Crippen LogP contribution in [0.5, 0.6) is 0 Å². The molecule has 4 heteroatoms. The molecule has 0 rings (SSSR count). The molecule has 0 saturated heterocycles.